The molecule has 0 bridgehead atoms. The molecule has 0 saturated carbocycles. The van der Waals surface area contributed by atoms with E-state index in [9.17, 15) is 18.0 Å². The van der Waals surface area contributed by atoms with E-state index in [0.717, 1.165) is 18.4 Å². The maximum absolute atomic E-state index is 13.7. The number of nitrogens with one attached hydrogen (secondary N) is 1. The van der Waals surface area contributed by atoms with Gasteiger partial charge in [0.05, 0.1) is 12.6 Å². The molecule has 1 aromatic rings. The van der Waals surface area contributed by atoms with Crippen molar-refractivity contribution in [3.63, 3.8) is 0 Å². The number of unbranched alkanes of at least 4 members (excludes halogenated alkanes) is 1. The van der Waals surface area contributed by atoms with Gasteiger partial charge in [-0.05, 0) is 31.7 Å². The van der Waals surface area contributed by atoms with E-state index in [4.69, 9.17) is 4.74 Å². The highest BCUT2D eigenvalue weighted by molar-refractivity contribution is 6.04. The summed E-state index contributed by atoms with van der Waals surface area (Å²) in [5.74, 6) is 0.0239. The molecule has 1 unspecified atom stereocenters. The summed E-state index contributed by atoms with van der Waals surface area (Å²) in [6.07, 6.45) is 0.530. The number of halogens is 3. The van der Waals surface area contributed by atoms with Crippen LogP contribution in [-0.2, 0) is 11.0 Å². The highest BCUT2D eigenvalue weighted by Gasteiger charge is 2.37. The van der Waals surface area contributed by atoms with Crippen molar-refractivity contribution in [2.45, 2.75) is 72.5 Å². The maximum Gasteiger partial charge on any atom is 0.434 e. The average molecular weight is 428 g/mol. The molecule has 0 aliphatic carbocycles. The van der Waals surface area contributed by atoms with Crippen LogP contribution in [0, 0.1) is 5.92 Å². The molecular formula is C22H32F3N3O2. The molecule has 0 aliphatic rings. The van der Waals surface area contributed by atoms with Crippen LogP contribution < -0.4 is 10.1 Å². The van der Waals surface area contributed by atoms with Crippen LogP contribution in [0.15, 0.2) is 28.8 Å². The fourth-order valence-electron chi connectivity index (χ4n) is 2.63. The smallest absolute Gasteiger partial charge is 0.434 e. The van der Waals surface area contributed by atoms with Crippen LogP contribution in [0.1, 0.15) is 71.6 Å². The van der Waals surface area contributed by atoms with Crippen LogP contribution in [-0.4, -0.2) is 29.9 Å². The Balaban J connectivity index is 3.45. The second kappa shape index (κ2) is 12.3. The minimum absolute atomic E-state index is 0.106. The van der Waals surface area contributed by atoms with Gasteiger partial charge in [-0.1, -0.05) is 52.2 Å². The normalized spacial score (nSPS) is 14.0. The van der Waals surface area contributed by atoms with Crippen LogP contribution in [0.5, 0.6) is 5.88 Å². The van der Waals surface area contributed by atoms with E-state index in [1.807, 2.05) is 40.7 Å². The second-order valence-electron chi connectivity index (χ2n) is 7.41. The van der Waals surface area contributed by atoms with Crippen molar-refractivity contribution in [2.24, 2.45) is 10.9 Å². The van der Waals surface area contributed by atoms with Crippen LogP contribution in [0.2, 0.25) is 0 Å². The fraction of sp³-hybridized carbons (Fsp3) is 0.591. The minimum atomic E-state index is -4.73. The Bertz CT molecular complexity index is 744. The molecule has 1 rings (SSSR count). The first-order valence-corrected chi connectivity index (χ1v) is 10.3. The number of nitrogens with zero attached hydrogens (tertiary/aromatic N) is 2. The highest BCUT2D eigenvalue weighted by Crippen LogP contribution is 2.32. The van der Waals surface area contributed by atoms with Crippen LogP contribution >= 0.6 is 0 Å². The number of hydrogen-bond donors (Lipinski definition) is 1. The molecule has 1 heterocycles. The van der Waals surface area contributed by atoms with Crippen LogP contribution in [0.4, 0.5) is 13.2 Å². The number of carbonyl (C=O) groups excluding carboxylic acids is 1. The van der Waals surface area contributed by atoms with E-state index in [2.05, 4.69) is 15.3 Å². The Morgan fingerprint density at radius 1 is 1.27 bits per heavy atom. The van der Waals surface area contributed by atoms with Gasteiger partial charge in [0.2, 0.25) is 12.3 Å². The third-order valence-corrected chi connectivity index (χ3v) is 4.58. The molecule has 0 fully saturated rings. The Hall–Kier alpha value is -2.38. The lowest BCUT2D eigenvalue weighted by Crippen LogP contribution is -2.28. The first-order chi connectivity index (χ1) is 14.1. The lowest BCUT2D eigenvalue weighted by molar-refractivity contribution is -0.141. The largest absolute Gasteiger partial charge is 0.478 e. The molecular weight excluding hydrogens is 395 g/mol. The quantitative estimate of drug-likeness (QED) is 0.166. The SMILES string of the molecule is CCCCOc1ccc(C(=NC(/C=C(/C)C(C)C)CCC)NC=O)c(C(F)(F)F)n1. The van der Waals surface area contributed by atoms with Gasteiger partial charge in [-0.3, -0.25) is 9.79 Å². The molecule has 0 aromatic carbocycles. The van der Waals surface area contributed by atoms with Gasteiger partial charge < -0.3 is 10.1 Å². The van der Waals surface area contributed by atoms with Gasteiger partial charge >= 0.3 is 6.18 Å². The van der Waals surface area contributed by atoms with E-state index in [1.54, 1.807) is 0 Å². The standard InChI is InChI=1S/C22H32F3N3O2/c1-6-8-12-30-19-11-10-18(20(28-19)22(23,24)25)21(26-14-29)27-17(9-7-2)13-16(5)15(3)4/h10-11,13-15,17H,6-9,12H2,1-5H3,(H,26,27,29)/b16-13-. The monoisotopic (exact) mass is 427 g/mol. The van der Waals surface area contributed by atoms with Gasteiger partial charge in [-0.25, -0.2) is 4.98 Å². The Morgan fingerprint density at radius 2 is 1.97 bits per heavy atom. The number of amides is 1. The first-order valence-electron chi connectivity index (χ1n) is 10.3. The molecule has 0 aliphatic heterocycles. The van der Waals surface area contributed by atoms with Gasteiger partial charge in [0.15, 0.2) is 5.69 Å². The summed E-state index contributed by atoms with van der Waals surface area (Å²) in [5, 5.41) is 2.33. The summed E-state index contributed by atoms with van der Waals surface area (Å²) < 4.78 is 46.5. The summed E-state index contributed by atoms with van der Waals surface area (Å²) in [6, 6.07) is 2.25. The Labute approximate surface area is 176 Å². The molecule has 0 spiro atoms. The molecule has 1 aromatic heterocycles. The van der Waals surface area contributed by atoms with Crippen molar-refractivity contribution in [3.8, 4) is 5.88 Å². The molecule has 30 heavy (non-hydrogen) atoms. The van der Waals surface area contributed by atoms with E-state index in [0.29, 0.717) is 19.3 Å². The van der Waals surface area contributed by atoms with Crippen LogP contribution in [0.25, 0.3) is 0 Å². The number of rotatable bonds is 11. The van der Waals surface area contributed by atoms with Crippen molar-refractivity contribution in [1.82, 2.24) is 10.3 Å². The zero-order valence-electron chi connectivity index (χ0n) is 18.3. The summed E-state index contributed by atoms with van der Waals surface area (Å²) in [7, 11) is 0. The molecule has 1 N–H and O–H groups in total. The number of alkyl halides is 3. The van der Waals surface area contributed by atoms with Crippen LogP contribution in [0.3, 0.4) is 0 Å². The summed E-state index contributed by atoms with van der Waals surface area (Å²) in [5.41, 5.74) is -0.338. The number of aliphatic imine (C=N–C) groups is 1. The molecule has 0 radical (unpaired) electrons. The Morgan fingerprint density at radius 3 is 2.50 bits per heavy atom. The summed E-state index contributed by atoms with van der Waals surface area (Å²) in [4.78, 5) is 19.2. The minimum Gasteiger partial charge on any atom is -0.478 e. The zero-order valence-corrected chi connectivity index (χ0v) is 18.3. The predicted octanol–water partition coefficient (Wildman–Crippen LogP) is 5.54. The lowest BCUT2D eigenvalue weighted by Gasteiger charge is -2.17. The highest BCUT2D eigenvalue weighted by atomic mass is 19.4. The average Bonchev–Trinajstić information content (AvgIpc) is 2.67. The van der Waals surface area contributed by atoms with Gasteiger partial charge in [0, 0.05) is 11.6 Å². The molecule has 1 amide bonds. The summed E-state index contributed by atoms with van der Waals surface area (Å²) in [6.45, 7) is 10.2. The van der Waals surface area contributed by atoms with E-state index >= 15 is 0 Å². The predicted molar refractivity (Wildman–Crippen MR) is 113 cm³/mol. The molecule has 0 saturated heterocycles. The fourth-order valence-corrected chi connectivity index (χ4v) is 2.63. The van der Waals surface area contributed by atoms with E-state index < -0.39 is 11.9 Å². The second-order valence-corrected chi connectivity index (χ2v) is 7.41. The number of allylic oxidation sites excluding steroid dienone is 1. The number of aromatic nitrogens is 1. The van der Waals surface area contributed by atoms with Crippen molar-refractivity contribution >= 4 is 12.2 Å². The summed E-state index contributed by atoms with van der Waals surface area (Å²) >= 11 is 0. The third-order valence-electron chi connectivity index (χ3n) is 4.58. The lowest BCUT2D eigenvalue weighted by atomic mass is 10.0. The number of amidine groups is 1. The van der Waals surface area contributed by atoms with Gasteiger partial charge in [-0.2, -0.15) is 13.2 Å². The van der Waals surface area contributed by atoms with Gasteiger partial charge in [-0.15, -0.1) is 0 Å². The third kappa shape index (κ3) is 8.16. The molecule has 8 heteroatoms. The first kappa shape index (κ1) is 25.7. The van der Waals surface area contributed by atoms with Crippen molar-refractivity contribution < 1.29 is 22.7 Å². The van der Waals surface area contributed by atoms with Crippen molar-refractivity contribution in [2.75, 3.05) is 6.61 Å². The van der Waals surface area contributed by atoms with E-state index in [1.165, 1.54) is 12.1 Å². The molecule has 1 atom stereocenters. The molecule has 168 valence electrons. The van der Waals surface area contributed by atoms with Crippen molar-refractivity contribution in [3.05, 3.63) is 35.0 Å². The Kier molecular flexibility index (Phi) is 10.6. The number of carbonyl (C=O) groups is 1. The van der Waals surface area contributed by atoms with Gasteiger partial charge in [0.1, 0.15) is 5.84 Å². The maximum atomic E-state index is 13.7. The number of ether oxygens (including phenoxy) is 1. The van der Waals surface area contributed by atoms with Crippen molar-refractivity contribution in [1.29, 1.82) is 0 Å². The number of pyridine rings is 1. The zero-order chi connectivity index (χ0) is 22.7. The number of hydrogen-bond acceptors (Lipinski definition) is 4. The van der Waals surface area contributed by atoms with Gasteiger partial charge in [0.25, 0.3) is 0 Å². The molecule has 5 nitrogen and oxygen atoms in total. The van der Waals surface area contributed by atoms with E-state index in [-0.39, 0.29) is 35.8 Å². The topological polar surface area (TPSA) is 63.6 Å².